The van der Waals surface area contributed by atoms with Crippen LogP contribution in [-0.4, -0.2) is 16.5 Å². The molecule has 0 aromatic carbocycles. The van der Waals surface area contributed by atoms with Gasteiger partial charge in [-0.25, -0.2) is 4.42 Å². The van der Waals surface area contributed by atoms with Crippen LogP contribution in [0.3, 0.4) is 0 Å². The molecule has 0 heterocycles. The molecule has 0 aliphatic carbocycles. The second kappa shape index (κ2) is 18.6. The summed E-state index contributed by atoms with van der Waals surface area (Å²) in [7, 11) is 0. The average Bonchev–Trinajstić information content (AvgIpc) is 2.65. The van der Waals surface area contributed by atoms with Gasteiger partial charge in [0.1, 0.15) is 0 Å². The minimum atomic E-state index is 0.195. The van der Waals surface area contributed by atoms with Crippen LogP contribution in [0.4, 0.5) is 0 Å². The van der Waals surface area contributed by atoms with E-state index in [1.807, 2.05) is 0 Å². The van der Waals surface area contributed by atoms with Gasteiger partial charge in [-0.2, -0.15) is 0 Å². The number of hydrogen-bond acceptors (Lipinski definition) is 1. The Morgan fingerprint density at radius 1 is 0.538 bits per heavy atom. The van der Waals surface area contributed by atoms with Crippen LogP contribution in [0.1, 0.15) is 143 Å². The van der Waals surface area contributed by atoms with Crippen molar-refractivity contribution in [2.24, 2.45) is 0 Å². The highest BCUT2D eigenvalue weighted by Crippen LogP contribution is 2.30. The molecule has 0 aliphatic rings. The molecule has 158 valence electrons. The summed E-state index contributed by atoms with van der Waals surface area (Å²) in [6.07, 6.45) is 24.9. The van der Waals surface area contributed by atoms with Crippen LogP contribution in [0.25, 0.3) is 0 Å². The summed E-state index contributed by atoms with van der Waals surface area (Å²) >= 11 is 6.60. The molecule has 0 atom stereocenters. The quantitative estimate of drug-likeness (QED) is 0.148. The van der Waals surface area contributed by atoms with Gasteiger partial charge in [0, 0.05) is 12.1 Å². The summed E-state index contributed by atoms with van der Waals surface area (Å²) < 4.78 is 2.09. The molecule has 0 spiro atoms. The molecule has 1 nitrogen and oxygen atoms in total. The molecule has 0 aromatic rings. The largest absolute Gasteiger partial charge is 0.215 e. The van der Waals surface area contributed by atoms with Crippen molar-refractivity contribution in [3.05, 3.63) is 0 Å². The molecule has 0 radical (unpaired) electrons. The number of halogens is 1. The fourth-order valence-electron chi connectivity index (χ4n) is 4.03. The lowest BCUT2D eigenvalue weighted by atomic mass is 9.88. The molecule has 0 fully saturated rings. The summed E-state index contributed by atoms with van der Waals surface area (Å²) in [4.78, 5) is 0. The van der Waals surface area contributed by atoms with Crippen molar-refractivity contribution < 1.29 is 0 Å². The van der Waals surface area contributed by atoms with Crippen LogP contribution in [0, 0.1) is 0 Å². The third kappa shape index (κ3) is 14.3. The van der Waals surface area contributed by atoms with Gasteiger partial charge in [0.15, 0.2) is 0 Å². The van der Waals surface area contributed by atoms with Crippen LogP contribution in [0.5, 0.6) is 0 Å². The Morgan fingerprint density at radius 2 is 0.846 bits per heavy atom. The van der Waals surface area contributed by atoms with E-state index in [2.05, 4.69) is 32.1 Å². The van der Waals surface area contributed by atoms with E-state index in [-0.39, 0.29) is 5.54 Å². The Bertz CT molecular complexity index is 259. The summed E-state index contributed by atoms with van der Waals surface area (Å²) in [6.45, 7) is 10.1. The first kappa shape index (κ1) is 26.2. The molecule has 0 rings (SSSR count). The Labute approximate surface area is 171 Å². The molecule has 2 heteroatoms. The predicted octanol–water partition coefficient (Wildman–Crippen LogP) is 9.28. The van der Waals surface area contributed by atoms with Gasteiger partial charge in [-0.05, 0) is 31.5 Å². The maximum Gasteiger partial charge on any atom is 0.0334 e. The van der Waals surface area contributed by atoms with E-state index in [0.717, 1.165) is 6.54 Å². The van der Waals surface area contributed by atoms with Gasteiger partial charge in [0.05, 0.1) is 0 Å². The van der Waals surface area contributed by atoms with E-state index in [9.17, 15) is 0 Å². The lowest BCUT2D eigenvalue weighted by Crippen LogP contribution is -2.40. The normalized spacial score (nSPS) is 12.2. The first-order valence-electron chi connectivity index (χ1n) is 12.0. The van der Waals surface area contributed by atoms with Crippen molar-refractivity contribution >= 4 is 11.8 Å². The van der Waals surface area contributed by atoms with E-state index >= 15 is 0 Å². The second-order valence-corrected chi connectivity index (χ2v) is 9.03. The van der Waals surface area contributed by atoms with Crippen LogP contribution >= 0.6 is 11.8 Å². The first-order valence-corrected chi connectivity index (χ1v) is 12.4. The van der Waals surface area contributed by atoms with Crippen LogP contribution < -0.4 is 0 Å². The van der Waals surface area contributed by atoms with Crippen molar-refractivity contribution in [2.75, 3.05) is 6.54 Å². The number of hydrogen-bond donors (Lipinski definition) is 0. The van der Waals surface area contributed by atoms with E-state index in [1.165, 1.54) is 116 Å². The Balaban J connectivity index is 3.86. The van der Waals surface area contributed by atoms with E-state index in [4.69, 9.17) is 11.8 Å². The van der Waals surface area contributed by atoms with Crippen molar-refractivity contribution in [1.29, 1.82) is 0 Å². The number of rotatable bonds is 20. The smallest absolute Gasteiger partial charge is 0.0334 e. The Hall–Kier alpha value is 0.250. The topological polar surface area (TPSA) is 3.24 Å². The maximum absolute atomic E-state index is 6.60. The highest BCUT2D eigenvalue weighted by atomic mass is 35.5. The lowest BCUT2D eigenvalue weighted by molar-refractivity contribution is 0.180. The van der Waals surface area contributed by atoms with E-state index in [1.54, 1.807) is 0 Å². The molecular formula is C24H50ClN. The van der Waals surface area contributed by atoms with Gasteiger partial charge in [0.2, 0.25) is 0 Å². The first-order chi connectivity index (χ1) is 12.6. The monoisotopic (exact) mass is 387 g/mol. The Kier molecular flexibility index (Phi) is 18.8. The summed E-state index contributed by atoms with van der Waals surface area (Å²) in [5.74, 6) is 0. The molecule has 0 saturated carbocycles. The molecule has 0 saturated heterocycles. The van der Waals surface area contributed by atoms with Crippen molar-refractivity contribution in [2.45, 2.75) is 149 Å². The van der Waals surface area contributed by atoms with E-state index < -0.39 is 0 Å². The van der Waals surface area contributed by atoms with E-state index in [0.29, 0.717) is 0 Å². The molecule has 26 heavy (non-hydrogen) atoms. The van der Waals surface area contributed by atoms with Crippen LogP contribution in [0.2, 0.25) is 0 Å². The SMILES string of the molecule is CCCCCCCCCCC(C)(CCCCCCCCCC)N(Cl)CC. The highest BCUT2D eigenvalue weighted by molar-refractivity contribution is 6.13. The van der Waals surface area contributed by atoms with Crippen molar-refractivity contribution in [3.63, 3.8) is 0 Å². The van der Waals surface area contributed by atoms with Gasteiger partial charge in [-0.3, -0.25) is 0 Å². The zero-order valence-electron chi connectivity index (χ0n) is 18.8. The van der Waals surface area contributed by atoms with Gasteiger partial charge < -0.3 is 0 Å². The molecule has 0 aliphatic heterocycles. The summed E-state index contributed by atoms with van der Waals surface area (Å²) in [5.41, 5.74) is 0.195. The standard InChI is InChI=1S/C24H50ClN/c1-5-8-10-12-14-16-18-20-22-24(4,26(25)7-3)23-21-19-17-15-13-11-9-6-2/h5-23H2,1-4H3. The van der Waals surface area contributed by atoms with Gasteiger partial charge in [0.25, 0.3) is 0 Å². The van der Waals surface area contributed by atoms with Crippen molar-refractivity contribution in [1.82, 2.24) is 4.42 Å². The number of nitrogens with zero attached hydrogens (tertiary/aromatic N) is 1. The minimum absolute atomic E-state index is 0.195. The minimum Gasteiger partial charge on any atom is -0.215 e. The van der Waals surface area contributed by atoms with Crippen LogP contribution in [0.15, 0.2) is 0 Å². The second-order valence-electron chi connectivity index (χ2n) is 8.63. The zero-order chi connectivity index (χ0) is 19.5. The molecule has 0 N–H and O–H groups in total. The summed E-state index contributed by atoms with van der Waals surface area (Å²) in [5, 5.41) is 0. The molecular weight excluding hydrogens is 338 g/mol. The Morgan fingerprint density at radius 3 is 1.15 bits per heavy atom. The highest BCUT2D eigenvalue weighted by Gasteiger charge is 2.28. The third-order valence-corrected chi connectivity index (χ3v) is 6.65. The van der Waals surface area contributed by atoms with Crippen molar-refractivity contribution in [3.8, 4) is 0 Å². The molecule has 0 amide bonds. The molecule has 0 unspecified atom stereocenters. The average molecular weight is 388 g/mol. The fraction of sp³-hybridized carbons (Fsp3) is 1.00. The maximum atomic E-state index is 6.60. The zero-order valence-corrected chi connectivity index (χ0v) is 19.5. The number of unbranched alkanes of at least 4 members (excludes halogenated alkanes) is 14. The predicted molar refractivity (Wildman–Crippen MR) is 121 cm³/mol. The lowest BCUT2D eigenvalue weighted by Gasteiger charge is -2.36. The third-order valence-electron chi connectivity index (χ3n) is 6.00. The summed E-state index contributed by atoms with van der Waals surface area (Å²) in [6, 6.07) is 0. The molecule has 0 aromatic heterocycles. The van der Waals surface area contributed by atoms with Gasteiger partial charge in [-0.1, -0.05) is 124 Å². The fourth-order valence-corrected chi connectivity index (χ4v) is 4.20. The van der Waals surface area contributed by atoms with Crippen LogP contribution in [-0.2, 0) is 0 Å². The van der Waals surface area contributed by atoms with Gasteiger partial charge >= 0.3 is 0 Å². The molecule has 0 bridgehead atoms. The van der Waals surface area contributed by atoms with Gasteiger partial charge in [-0.15, -0.1) is 0 Å².